The first-order valence-electron chi connectivity index (χ1n) is 9.27. The summed E-state index contributed by atoms with van der Waals surface area (Å²) in [4.78, 5) is 27.1. The van der Waals surface area contributed by atoms with Crippen LogP contribution in [0.3, 0.4) is 0 Å². The Balaban J connectivity index is 1.66. The minimum atomic E-state index is -1.56. The molecule has 0 aliphatic heterocycles. The van der Waals surface area contributed by atoms with Crippen molar-refractivity contribution in [3.63, 3.8) is 0 Å². The van der Waals surface area contributed by atoms with Crippen molar-refractivity contribution in [1.82, 2.24) is 4.98 Å². The van der Waals surface area contributed by atoms with E-state index in [0.29, 0.717) is 17.3 Å². The highest BCUT2D eigenvalue weighted by molar-refractivity contribution is 7.84. The number of methoxy groups -OCH3 is 1. The molecule has 0 spiro atoms. The van der Waals surface area contributed by atoms with Gasteiger partial charge in [-0.15, -0.1) is 0 Å². The Hall–Kier alpha value is -3.53. The van der Waals surface area contributed by atoms with E-state index in [1.807, 2.05) is 31.2 Å². The molecule has 0 unspecified atom stereocenters. The van der Waals surface area contributed by atoms with Crippen molar-refractivity contribution in [3.05, 3.63) is 69.6 Å². The first-order chi connectivity index (χ1) is 14.8. The lowest BCUT2D eigenvalue weighted by atomic mass is 10.1. The van der Waals surface area contributed by atoms with E-state index in [-0.39, 0.29) is 28.6 Å². The van der Waals surface area contributed by atoms with Crippen LogP contribution in [0.5, 0.6) is 5.75 Å². The number of rotatable bonds is 8. The van der Waals surface area contributed by atoms with Gasteiger partial charge in [0.15, 0.2) is 0 Å². The van der Waals surface area contributed by atoms with E-state index in [9.17, 15) is 19.1 Å². The van der Waals surface area contributed by atoms with Crippen LogP contribution in [0.4, 0.5) is 11.4 Å². The Morgan fingerprint density at radius 1 is 1.23 bits per heavy atom. The normalized spacial score (nSPS) is 11.7. The second-order valence-corrected chi connectivity index (χ2v) is 8.26. The van der Waals surface area contributed by atoms with Crippen LogP contribution < -0.4 is 10.1 Å². The van der Waals surface area contributed by atoms with E-state index < -0.39 is 21.6 Å². The second-order valence-electron chi connectivity index (χ2n) is 6.81. The minimum Gasteiger partial charge on any atom is -0.495 e. The van der Waals surface area contributed by atoms with Gasteiger partial charge >= 0.3 is 0 Å². The number of carbonyl (C=O) groups excluding carboxylic acids is 1. The number of hydrogen-bond acceptors (Lipinski definition) is 7. The number of oxazole rings is 1. The molecule has 1 heterocycles. The van der Waals surface area contributed by atoms with Crippen molar-refractivity contribution in [2.45, 2.75) is 19.6 Å². The summed E-state index contributed by atoms with van der Waals surface area (Å²) in [6, 6.07) is 11.5. The SMILES string of the molecule is COc1ccc([N+](=O)[O-])cc1NC(=O)C[S@](=O)Cc1nc(-c2ccc(C)cc2)oc1C. The molecule has 0 aliphatic carbocycles. The molecule has 1 aromatic heterocycles. The lowest BCUT2D eigenvalue weighted by molar-refractivity contribution is -0.384. The second kappa shape index (κ2) is 9.52. The number of nitrogens with one attached hydrogen (secondary N) is 1. The predicted octanol–water partition coefficient (Wildman–Crippen LogP) is 3.76. The lowest BCUT2D eigenvalue weighted by Crippen LogP contribution is -2.21. The van der Waals surface area contributed by atoms with E-state index in [4.69, 9.17) is 9.15 Å². The lowest BCUT2D eigenvalue weighted by Gasteiger charge is -2.09. The highest BCUT2D eigenvalue weighted by Gasteiger charge is 2.18. The van der Waals surface area contributed by atoms with Gasteiger partial charge in [-0.1, -0.05) is 17.7 Å². The van der Waals surface area contributed by atoms with Gasteiger partial charge in [-0.3, -0.25) is 19.1 Å². The molecular weight excluding hydrogens is 422 g/mol. The Morgan fingerprint density at radius 3 is 2.58 bits per heavy atom. The number of carbonyl (C=O) groups is 1. The molecular formula is C21H21N3O6S. The Kier molecular flexibility index (Phi) is 6.81. The number of ether oxygens (including phenoxy) is 1. The largest absolute Gasteiger partial charge is 0.495 e. The number of anilines is 1. The van der Waals surface area contributed by atoms with Crippen molar-refractivity contribution in [2.75, 3.05) is 18.2 Å². The van der Waals surface area contributed by atoms with Gasteiger partial charge in [0, 0.05) is 28.5 Å². The molecule has 162 valence electrons. The highest BCUT2D eigenvalue weighted by Crippen LogP contribution is 2.29. The van der Waals surface area contributed by atoms with Gasteiger partial charge < -0.3 is 14.5 Å². The fraction of sp³-hybridized carbons (Fsp3) is 0.238. The molecule has 31 heavy (non-hydrogen) atoms. The van der Waals surface area contributed by atoms with Crippen LogP contribution >= 0.6 is 0 Å². The first kappa shape index (κ1) is 22.2. The van der Waals surface area contributed by atoms with E-state index in [2.05, 4.69) is 10.3 Å². The maximum Gasteiger partial charge on any atom is 0.271 e. The summed E-state index contributed by atoms with van der Waals surface area (Å²) in [6.45, 7) is 3.71. The molecule has 10 heteroatoms. The van der Waals surface area contributed by atoms with Crippen molar-refractivity contribution < 1.29 is 23.1 Å². The number of benzene rings is 2. The minimum absolute atomic E-state index is 0.0423. The van der Waals surface area contributed by atoms with Gasteiger partial charge in [0.1, 0.15) is 17.3 Å². The molecule has 1 amide bonds. The molecule has 3 rings (SSSR count). The van der Waals surface area contributed by atoms with Crippen LogP contribution in [0, 0.1) is 24.0 Å². The number of nitro benzene ring substituents is 1. The zero-order valence-electron chi connectivity index (χ0n) is 17.2. The van der Waals surface area contributed by atoms with Gasteiger partial charge in [-0.05, 0) is 32.0 Å². The Bertz CT molecular complexity index is 1140. The van der Waals surface area contributed by atoms with E-state index in [1.165, 1.54) is 25.3 Å². The summed E-state index contributed by atoms with van der Waals surface area (Å²) in [7, 11) is -0.181. The zero-order valence-corrected chi connectivity index (χ0v) is 18.0. The summed E-state index contributed by atoms with van der Waals surface area (Å²) in [5, 5.41) is 13.5. The van der Waals surface area contributed by atoms with Crippen molar-refractivity contribution >= 4 is 28.1 Å². The van der Waals surface area contributed by atoms with E-state index in [1.54, 1.807) is 6.92 Å². The summed E-state index contributed by atoms with van der Waals surface area (Å²) in [5.41, 5.74) is 2.37. The number of amides is 1. The molecule has 2 aromatic carbocycles. The average Bonchev–Trinajstić information content (AvgIpc) is 3.08. The quantitative estimate of drug-likeness (QED) is 0.415. The van der Waals surface area contributed by atoms with E-state index in [0.717, 1.165) is 11.1 Å². The summed E-state index contributed by atoms with van der Waals surface area (Å²) in [5.74, 6) is 0.399. The van der Waals surface area contributed by atoms with Crippen molar-refractivity contribution in [2.24, 2.45) is 0 Å². The van der Waals surface area contributed by atoms with Crippen molar-refractivity contribution in [1.29, 1.82) is 0 Å². The number of aromatic nitrogens is 1. The molecule has 0 fully saturated rings. The number of nitro groups is 1. The zero-order chi connectivity index (χ0) is 22.5. The maximum absolute atomic E-state index is 12.5. The molecule has 0 radical (unpaired) electrons. The monoisotopic (exact) mass is 443 g/mol. The fourth-order valence-corrected chi connectivity index (χ4v) is 3.86. The van der Waals surface area contributed by atoms with Crippen LogP contribution in [0.15, 0.2) is 46.9 Å². The molecule has 1 atom stereocenters. The highest BCUT2D eigenvalue weighted by atomic mass is 32.2. The molecule has 0 aliphatic rings. The van der Waals surface area contributed by atoms with Gasteiger partial charge in [0.2, 0.25) is 11.8 Å². The maximum atomic E-state index is 12.5. The Morgan fingerprint density at radius 2 is 1.94 bits per heavy atom. The molecule has 0 saturated carbocycles. The smallest absolute Gasteiger partial charge is 0.271 e. The summed E-state index contributed by atoms with van der Waals surface area (Å²) >= 11 is 0. The van der Waals surface area contributed by atoms with Crippen molar-refractivity contribution in [3.8, 4) is 17.2 Å². The standard InChI is InChI=1S/C21H21N3O6S/c1-13-4-6-15(7-5-13)21-23-18(14(2)30-21)11-31(28)12-20(25)22-17-10-16(24(26)27)8-9-19(17)29-3/h4-10H,11-12H2,1-3H3,(H,22,25)/t31-/m1/s1. The topological polar surface area (TPSA) is 125 Å². The van der Waals surface area contributed by atoms with Gasteiger partial charge in [0.05, 0.1) is 29.2 Å². The summed E-state index contributed by atoms with van der Waals surface area (Å²) < 4.78 is 23.3. The predicted molar refractivity (Wildman–Crippen MR) is 116 cm³/mol. The molecule has 1 N–H and O–H groups in total. The van der Waals surface area contributed by atoms with Crippen LogP contribution in [-0.4, -0.2) is 32.9 Å². The average molecular weight is 443 g/mol. The number of hydrogen-bond donors (Lipinski definition) is 1. The first-order valence-corrected chi connectivity index (χ1v) is 10.8. The van der Waals surface area contributed by atoms with Gasteiger partial charge in [-0.25, -0.2) is 4.98 Å². The van der Waals surface area contributed by atoms with Crippen LogP contribution in [-0.2, 0) is 21.3 Å². The van der Waals surface area contributed by atoms with Gasteiger partial charge in [0.25, 0.3) is 5.69 Å². The number of non-ortho nitro benzene ring substituents is 1. The molecule has 3 aromatic rings. The summed E-state index contributed by atoms with van der Waals surface area (Å²) in [6.07, 6.45) is 0. The third-order valence-electron chi connectivity index (χ3n) is 4.45. The van der Waals surface area contributed by atoms with Crippen LogP contribution in [0.25, 0.3) is 11.5 Å². The molecule has 0 saturated heterocycles. The third kappa shape index (κ3) is 5.54. The van der Waals surface area contributed by atoms with E-state index >= 15 is 0 Å². The van der Waals surface area contributed by atoms with Crippen LogP contribution in [0.1, 0.15) is 17.0 Å². The number of nitrogens with zero attached hydrogens (tertiary/aromatic N) is 2. The van der Waals surface area contributed by atoms with Crippen LogP contribution in [0.2, 0.25) is 0 Å². The van der Waals surface area contributed by atoms with Gasteiger partial charge in [-0.2, -0.15) is 0 Å². The fourth-order valence-electron chi connectivity index (χ4n) is 2.82. The molecule has 9 nitrogen and oxygen atoms in total. The number of aryl methyl sites for hydroxylation is 2. The Labute approximate surface area is 181 Å². The third-order valence-corrected chi connectivity index (χ3v) is 5.63. The molecule has 0 bridgehead atoms.